The molecule has 0 radical (unpaired) electrons. The first-order chi connectivity index (χ1) is 9.95. The fraction of sp³-hybridized carbons (Fsp3) is 0.562. The number of likely N-dealkylation sites (tertiary alicyclic amines) is 1. The van der Waals surface area contributed by atoms with Gasteiger partial charge >= 0.3 is 0 Å². The number of nitrogen functional groups attached to an aromatic ring is 1. The smallest absolute Gasteiger partial charge is 0.225 e. The SMILES string of the molecule is CC1CCN(CCC(=O)Nc2cc(Cl)ccc2N)C(C)C1. The van der Waals surface area contributed by atoms with E-state index in [1.165, 1.54) is 12.8 Å². The number of benzene rings is 1. The highest BCUT2D eigenvalue weighted by molar-refractivity contribution is 6.31. The maximum Gasteiger partial charge on any atom is 0.225 e. The maximum atomic E-state index is 12.1. The molecule has 4 nitrogen and oxygen atoms in total. The van der Waals surface area contributed by atoms with Gasteiger partial charge in [-0.2, -0.15) is 0 Å². The van der Waals surface area contributed by atoms with E-state index in [-0.39, 0.29) is 5.91 Å². The Morgan fingerprint density at radius 3 is 2.95 bits per heavy atom. The Kier molecular flexibility index (Phi) is 5.48. The molecule has 1 heterocycles. The van der Waals surface area contributed by atoms with Gasteiger partial charge in [0.15, 0.2) is 0 Å². The van der Waals surface area contributed by atoms with Crippen LogP contribution in [0.15, 0.2) is 18.2 Å². The number of nitrogens with zero attached hydrogens (tertiary/aromatic N) is 1. The van der Waals surface area contributed by atoms with Crippen LogP contribution in [-0.2, 0) is 4.79 Å². The van der Waals surface area contributed by atoms with Crippen LogP contribution in [0.1, 0.15) is 33.1 Å². The summed E-state index contributed by atoms with van der Waals surface area (Å²) < 4.78 is 0. The molecular formula is C16H24ClN3O. The van der Waals surface area contributed by atoms with Crippen molar-refractivity contribution in [1.82, 2.24) is 4.90 Å². The first kappa shape index (κ1) is 16.1. The molecule has 1 aromatic rings. The molecule has 21 heavy (non-hydrogen) atoms. The molecule has 2 rings (SSSR count). The Bertz CT molecular complexity index is 506. The quantitative estimate of drug-likeness (QED) is 0.838. The Balaban J connectivity index is 1.83. The lowest BCUT2D eigenvalue weighted by molar-refractivity contribution is -0.116. The zero-order valence-corrected chi connectivity index (χ0v) is 13.5. The van der Waals surface area contributed by atoms with E-state index >= 15 is 0 Å². The van der Waals surface area contributed by atoms with Crippen LogP contribution in [0.3, 0.4) is 0 Å². The van der Waals surface area contributed by atoms with Crippen molar-refractivity contribution in [3.05, 3.63) is 23.2 Å². The summed E-state index contributed by atoms with van der Waals surface area (Å²) >= 11 is 5.92. The second-order valence-corrected chi connectivity index (χ2v) is 6.48. The molecule has 0 saturated carbocycles. The molecule has 116 valence electrons. The van der Waals surface area contributed by atoms with Gasteiger partial charge in [0, 0.05) is 24.0 Å². The molecule has 3 N–H and O–H groups in total. The predicted octanol–water partition coefficient (Wildman–Crippen LogP) is 3.37. The molecule has 0 spiro atoms. The summed E-state index contributed by atoms with van der Waals surface area (Å²) in [6.07, 6.45) is 2.90. The topological polar surface area (TPSA) is 58.4 Å². The Labute approximate surface area is 131 Å². The Morgan fingerprint density at radius 2 is 2.24 bits per heavy atom. The molecular weight excluding hydrogens is 286 g/mol. The summed E-state index contributed by atoms with van der Waals surface area (Å²) in [7, 11) is 0. The number of hydrogen-bond acceptors (Lipinski definition) is 3. The van der Waals surface area contributed by atoms with Crippen LogP contribution >= 0.6 is 11.6 Å². The average Bonchev–Trinajstić information content (AvgIpc) is 2.42. The molecule has 1 aliphatic rings. The van der Waals surface area contributed by atoms with E-state index in [1.54, 1.807) is 18.2 Å². The fourth-order valence-electron chi connectivity index (χ4n) is 2.88. The normalized spacial score (nSPS) is 23.0. The van der Waals surface area contributed by atoms with Crippen LogP contribution in [0.25, 0.3) is 0 Å². The largest absolute Gasteiger partial charge is 0.397 e. The van der Waals surface area contributed by atoms with Crippen molar-refractivity contribution in [1.29, 1.82) is 0 Å². The molecule has 2 unspecified atom stereocenters. The van der Waals surface area contributed by atoms with Crippen LogP contribution in [-0.4, -0.2) is 29.9 Å². The van der Waals surface area contributed by atoms with Crippen molar-refractivity contribution >= 4 is 28.9 Å². The minimum atomic E-state index is -0.0187. The van der Waals surface area contributed by atoms with Crippen molar-refractivity contribution in [3.8, 4) is 0 Å². The van der Waals surface area contributed by atoms with Crippen molar-refractivity contribution in [3.63, 3.8) is 0 Å². The van der Waals surface area contributed by atoms with Gasteiger partial charge in [-0.1, -0.05) is 18.5 Å². The van der Waals surface area contributed by atoms with E-state index < -0.39 is 0 Å². The van der Waals surface area contributed by atoms with Crippen molar-refractivity contribution in [2.45, 2.75) is 39.2 Å². The lowest BCUT2D eigenvalue weighted by Gasteiger charge is -2.36. The molecule has 1 aliphatic heterocycles. The van der Waals surface area contributed by atoms with E-state index in [1.807, 2.05) is 0 Å². The minimum absolute atomic E-state index is 0.0187. The maximum absolute atomic E-state index is 12.1. The number of anilines is 2. The second-order valence-electron chi connectivity index (χ2n) is 6.04. The summed E-state index contributed by atoms with van der Waals surface area (Å²) in [4.78, 5) is 14.4. The highest BCUT2D eigenvalue weighted by atomic mass is 35.5. The third-order valence-electron chi connectivity index (χ3n) is 4.19. The number of amides is 1. The number of piperidine rings is 1. The minimum Gasteiger partial charge on any atom is -0.397 e. The number of hydrogen-bond donors (Lipinski definition) is 2. The van der Waals surface area contributed by atoms with Gasteiger partial charge in [0.1, 0.15) is 0 Å². The van der Waals surface area contributed by atoms with Crippen molar-refractivity contribution in [2.24, 2.45) is 5.92 Å². The van der Waals surface area contributed by atoms with Gasteiger partial charge in [0.25, 0.3) is 0 Å². The highest BCUT2D eigenvalue weighted by Crippen LogP contribution is 2.24. The molecule has 0 aromatic heterocycles. The van der Waals surface area contributed by atoms with Gasteiger partial charge < -0.3 is 16.0 Å². The van der Waals surface area contributed by atoms with Crippen molar-refractivity contribution in [2.75, 3.05) is 24.1 Å². The van der Waals surface area contributed by atoms with Gasteiger partial charge in [-0.15, -0.1) is 0 Å². The highest BCUT2D eigenvalue weighted by Gasteiger charge is 2.22. The molecule has 1 fully saturated rings. The van der Waals surface area contributed by atoms with Crippen LogP contribution in [0.5, 0.6) is 0 Å². The third kappa shape index (κ3) is 4.61. The molecule has 2 atom stereocenters. The van der Waals surface area contributed by atoms with Gasteiger partial charge in [-0.3, -0.25) is 4.79 Å². The molecule has 1 aromatic carbocycles. The van der Waals surface area contributed by atoms with Gasteiger partial charge in [0.2, 0.25) is 5.91 Å². The summed E-state index contributed by atoms with van der Waals surface area (Å²) in [5.41, 5.74) is 6.96. The first-order valence-electron chi connectivity index (χ1n) is 7.54. The summed E-state index contributed by atoms with van der Waals surface area (Å²) in [6.45, 7) is 6.40. The van der Waals surface area contributed by atoms with Gasteiger partial charge in [-0.05, 0) is 50.4 Å². The number of nitrogens with two attached hydrogens (primary N) is 1. The second kappa shape index (κ2) is 7.14. The Hall–Kier alpha value is -1.26. The lowest BCUT2D eigenvalue weighted by Crippen LogP contribution is -2.41. The van der Waals surface area contributed by atoms with E-state index in [4.69, 9.17) is 17.3 Å². The van der Waals surface area contributed by atoms with Crippen LogP contribution in [0.2, 0.25) is 5.02 Å². The van der Waals surface area contributed by atoms with Gasteiger partial charge in [-0.25, -0.2) is 0 Å². The van der Waals surface area contributed by atoms with E-state index in [2.05, 4.69) is 24.1 Å². The molecule has 0 aliphatic carbocycles. The molecule has 0 bridgehead atoms. The van der Waals surface area contributed by atoms with E-state index in [0.717, 1.165) is 19.0 Å². The molecule has 1 saturated heterocycles. The van der Waals surface area contributed by atoms with E-state index in [0.29, 0.717) is 28.9 Å². The number of carbonyl (C=O) groups is 1. The average molecular weight is 310 g/mol. The Morgan fingerprint density at radius 1 is 1.48 bits per heavy atom. The zero-order valence-electron chi connectivity index (χ0n) is 12.7. The van der Waals surface area contributed by atoms with Crippen molar-refractivity contribution < 1.29 is 4.79 Å². The molecule has 5 heteroatoms. The number of halogens is 1. The number of rotatable bonds is 4. The number of nitrogens with one attached hydrogen (secondary N) is 1. The lowest BCUT2D eigenvalue weighted by atomic mass is 9.93. The predicted molar refractivity (Wildman–Crippen MR) is 88.5 cm³/mol. The monoisotopic (exact) mass is 309 g/mol. The fourth-order valence-corrected chi connectivity index (χ4v) is 3.05. The van der Waals surface area contributed by atoms with Crippen LogP contribution < -0.4 is 11.1 Å². The van der Waals surface area contributed by atoms with Gasteiger partial charge in [0.05, 0.1) is 11.4 Å². The van der Waals surface area contributed by atoms with Crippen LogP contribution in [0.4, 0.5) is 11.4 Å². The molecule has 1 amide bonds. The van der Waals surface area contributed by atoms with E-state index in [9.17, 15) is 4.79 Å². The summed E-state index contributed by atoms with van der Waals surface area (Å²) in [5, 5.41) is 3.41. The third-order valence-corrected chi connectivity index (χ3v) is 4.43. The van der Waals surface area contributed by atoms with Crippen LogP contribution in [0, 0.1) is 5.92 Å². The standard InChI is InChI=1S/C16H24ClN3O/c1-11-5-7-20(12(2)9-11)8-6-16(21)19-15-10-13(17)3-4-14(15)18/h3-4,10-12H,5-9,18H2,1-2H3,(H,19,21). The number of carbonyl (C=O) groups excluding carboxylic acids is 1. The summed E-state index contributed by atoms with van der Waals surface area (Å²) in [5.74, 6) is 0.770. The summed E-state index contributed by atoms with van der Waals surface area (Å²) in [6, 6.07) is 5.65. The first-order valence-corrected chi connectivity index (χ1v) is 7.92. The zero-order chi connectivity index (χ0) is 15.4.